The van der Waals surface area contributed by atoms with Crippen LogP contribution in [0.5, 0.6) is 17.2 Å². The molecule has 0 aliphatic carbocycles. The van der Waals surface area contributed by atoms with Crippen molar-refractivity contribution in [1.29, 1.82) is 0 Å². The number of aliphatic hydroxyl groups is 2. The number of aromatic nitrogens is 2. The second-order valence-corrected chi connectivity index (χ2v) is 15.4. The Labute approximate surface area is 324 Å². The number of esters is 1. The van der Waals surface area contributed by atoms with E-state index in [1.54, 1.807) is 62.6 Å². The molecule has 2 aliphatic rings. The minimum Gasteiger partial charge on any atom is -0.507 e. The second-order valence-electron chi connectivity index (χ2n) is 15.4. The zero-order chi connectivity index (χ0) is 41.0. The number of imidazole rings is 1. The fraction of sp³-hybridized carbons (Fsp3) is 0.429. The fourth-order valence-corrected chi connectivity index (χ4v) is 7.65. The number of fused-ring (bicyclic) bond motifs is 2. The predicted molar refractivity (Wildman–Crippen MR) is 209 cm³/mol. The number of aliphatic hydroxyl groups excluding tert-OH is 2. The zero-order valence-corrected chi connectivity index (χ0v) is 33.0. The zero-order valence-electron chi connectivity index (χ0n) is 33.0. The molecule has 56 heavy (non-hydrogen) atoms. The maximum Gasteiger partial charge on any atom is 0.312 e. The van der Waals surface area contributed by atoms with Gasteiger partial charge in [0.25, 0.3) is 11.7 Å². The Kier molecular flexibility index (Phi) is 10.7. The first kappa shape index (κ1) is 40.2. The number of carbonyl (C=O) groups excluding carboxylic acids is 3. The highest BCUT2D eigenvalue weighted by Crippen LogP contribution is 2.54. The van der Waals surface area contributed by atoms with E-state index in [0.717, 1.165) is 5.56 Å². The summed E-state index contributed by atoms with van der Waals surface area (Å²) in [6, 6.07) is 3.64. The van der Waals surface area contributed by atoms with Crippen molar-refractivity contribution in [3.63, 3.8) is 0 Å². The van der Waals surface area contributed by atoms with Gasteiger partial charge >= 0.3 is 11.8 Å². The van der Waals surface area contributed by atoms with Gasteiger partial charge in [-0.05, 0) is 51.5 Å². The van der Waals surface area contributed by atoms with E-state index in [4.69, 9.17) is 23.9 Å². The number of hydrogen-bond acceptors (Lipinski definition) is 12. The van der Waals surface area contributed by atoms with Gasteiger partial charge in [0.05, 0.1) is 35.5 Å². The molecule has 2 aromatic heterocycles. The molecule has 7 atom stereocenters. The normalized spacial score (nSPS) is 29.8. The monoisotopic (exact) mass is 771 g/mol. The van der Waals surface area contributed by atoms with Gasteiger partial charge in [0, 0.05) is 68.4 Å². The SMILES string of the molecule is CO[C@H]1/C=C/O[C@@]2(C)Oc3c(C)c(O)c4c(O)c(c5c(nc6cc(C)ccn65)c4c3C2=O)NC(=O)/C(C)=C\C=C\[C@H](C)[C@H](O)[C@@H](C)[C@@H](O)C[C@@](C)(OC(C)=O)C1. The highest BCUT2D eigenvalue weighted by atomic mass is 16.7. The van der Waals surface area contributed by atoms with Crippen molar-refractivity contribution < 1.29 is 53.8 Å². The first-order valence-corrected chi connectivity index (χ1v) is 18.5. The number of anilines is 1. The van der Waals surface area contributed by atoms with Crippen LogP contribution in [0.15, 0.2) is 54.5 Å². The number of pyridine rings is 1. The molecule has 4 heterocycles. The molecule has 0 fully saturated rings. The van der Waals surface area contributed by atoms with Gasteiger partial charge in [0.15, 0.2) is 5.75 Å². The molecule has 0 radical (unpaired) electrons. The van der Waals surface area contributed by atoms with Crippen molar-refractivity contribution in [3.8, 4) is 17.2 Å². The van der Waals surface area contributed by atoms with Gasteiger partial charge in [-0.2, -0.15) is 0 Å². The molecule has 0 spiro atoms. The number of phenolic OH excluding ortho intramolecular Hbond substituents is 2. The molecule has 6 rings (SSSR count). The van der Waals surface area contributed by atoms with Crippen molar-refractivity contribution in [2.45, 2.75) is 97.9 Å². The Morgan fingerprint density at radius 3 is 2.45 bits per heavy atom. The van der Waals surface area contributed by atoms with Crippen LogP contribution >= 0.6 is 0 Å². The molecule has 2 aromatic carbocycles. The van der Waals surface area contributed by atoms with Crippen LogP contribution in [0.1, 0.15) is 75.9 Å². The van der Waals surface area contributed by atoms with E-state index >= 15 is 0 Å². The number of Topliss-reactive ketones (excluding diaryl/α,β-unsaturated/α-hetero) is 1. The third-order valence-corrected chi connectivity index (χ3v) is 10.9. The van der Waals surface area contributed by atoms with Crippen LogP contribution in [-0.2, 0) is 23.8 Å². The Morgan fingerprint density at radius 1 is 1.05 bits per heavy atom. The number of carbonyl (C=O) groups is 3. The first-order chi connectivity index (χ1) is 26.3. The van der Waals surface area contributed by atoms with Crippen molar-refractivity contribution in [2.75, 3.05) is 12.4 Å². The van der Waals surface area contributed by atoms with Crippen molar-refractivity contribution >= 4 is 50.8 Å². The molecular weight excluding hydrogens is 722 g/mol. The van der Waals surface area contributed by atoms with Gasteiger partial charge < -0.3 is 44.7 Å². The maximum absolute atomic E-state index is 14.5. The number of allylic oxidation sites excluding steroid dienone is 2. The highest BCUT2D eigenvalue weighted by molar-refractivity contribution is 6.28. The highest BCUT2D eigenvalue weighted by Gasteiger charge is 2.49. The van der Waals surface area contributed by atoms with Gasteiger partial charge in [-0.15, -0.1) is 0 Å². The molecule has 14 heteroatoms. The minimum absolute atomic E-state index is 0.0188. The molecule has 0 unspecified atom stereocenters. The number of phenols is 2. The number of ether oxygens (including phenoxy) is 4. The van der Waals surface area contributed by atoms with E-state index in [1.807, 2.05) is 13.0 Å². The lowest BCUT2D eigenvalue weighted by Crippen LogP contribution is -2.43. The van der Waals surface area contributed by atoms with E-state index < -0.39 is 64.9 Å². The summed E-state index contributed by atoms with van der Waals surface area (Å²) in [5.41, 5.74) is 0.929. The largest absolute Gasteiger partial charge is 0.507 e. The lowest BCUT2D eigenvalue weighted by molar-refractivity contribution is -0.163. The molecule has 4 bridgehead atoms. The van der Waals surface area contributed by atoms with Gasteiger partial charge in [-0.25, -0.2) is 4.98 Å². The van der Waals surface area contributed by atoms with Crippen LogP contribution in [0, 0.1) is 25.7 Å². The summed E-state index contributed by atoms with van der Waals surface area (Å²) in [5, 5.41) is 49.0. The number of aromatic hydroxyl groups is 2. The molecule has 1 amide bonds. The number of ketones is 1. The molecule has 14 nitrogen and oxygen atoms in total. The van der Waals surface area contributed by atoms with Crippen LogP contribution in [0.4, 0.5) is 5.69 Å². The summed E-state index contributed by atoms with van der Waals surface area (Å²) in [6.07, 6.45) is 6.53. The summed E-state index contributed by atoms with van der Waals surface area (Å²) in [7, 11) is 1.45. The van der Waals surface area contributed by atoms with E-state index in [2.05, 4.69) is 5.32 Å². The Bertz CT molecular complexity index is 2360. The van der Waals surface area contributed by atoms with Gasteiger partial charge in [0.2, 0.25) is 0 Å². The van der Waals surface area contributed by atoms with Crippen LogP contribution < -0.4 is 10.1 Å². The topological polar surface area (TPSA) is 198 Å². The second kappa shape index (κ2) is 14.9. The summed E-state index contributed by atoms with van der Waals surface area (Å²) in [6.45, 7) is 12.8. The number of hydrogen-bond donors (Lipinski definition) is 5. The average Bonchev–Trinajstić information content (AvgIpc) is 3.63. The Morgan fingerprint density at radius 2 is 1.77 bits per heavy atom. The number of methoxy groups -OCH3 is 1. The summed E-state index contributed by atoms with van der Waals surface area (Å²) >= 11 is 0. The predicted octanol–water partition coefficient (Wildman–Crippen LogP) is 6.06. The van der Waals surface area contributed by atoms with Crippen LogP contribution in [0.2, 0.25) is 0 Å². The minimum atomic E-state index is -1.95. The quantitative estimate of drug-likeness (QED) is 0.117. The number of nitrogens with zero attached hydrogens (tertiary/aromatic N) is 2. The number of benzene rings is 2. The Balaban J connectivity index is 1.57. The summed E-state index contributed by atoms with van der Waals surface area (Å²) < 4.78 is 25.3. The average molecular weight is 772 g/mol. The lowest BCUT2D eigenvalue weighted by Gasteiger charge is -2.36. The lowest BCUT2D eigenvalue weighted by atomic mass is 9.82. The molecule has 298 valence electrons. The van der Waals surface area contributed by atoms with Crippen molar-refractivity contribution in [1.82, 2.24) is 9.38 Å². The van der Waals surface area contributed by atoms with Crippen LogP contribution in [-0.4, -0.2) is 84.3 Å². The van der Waals surface area contributed by atoms with Gasteiger partial charge in [-0.3, -0.25) is 18.8 Å². The molecule has 0 saturated carbocycles. The van der Waals surface area contributed by atoms with Crippen LogP contribution in [0.25, 0.3) is 27.5 Å². The van der Waals surface area contributed by atoms with E-state index in [-0.39, 0.29) is 68.5 Å². The van der Waals surface area contributed by atoms with Gasteiger partial charge in [-0.1, -0.05) is 32.1 Å². The molecular formula is C42H49N3O11. The maximum atomic E-state index is 14.5. The number of amides is 1. The van der Waals surface area contributed by atoms with E-state index in [0.29, 0.717) is 5.65 Å². The smallest absolute Gasteiger partial charge is 0.312 e. The fourth-order valence-electron chi connectivity index (χ4n) is 7.65. The van der Waals surface area contributed by atoms with E-state index in [9.17, 15) is 34.8 Å². The molecule has 0 saturated heterocycles. The standard InChI is InChI=1S/C42H49N3O11/c1-20-13-15-45-28(17-20)43-32-29-30-36(49)24(5)38-31(29)39(51)42(8,56-38)54-16-14-26(53-9)18-41(7,55-25(6)46)19-27(47)23(4)35(48)21(2)11-10-12-22(3)40(52)44-33(34(32)45)37(30)50/h10-17,21,23,26-27,35,47-50H,18-19H2,1-9H3,(H,44,52)/b11-10+,16-14+,22-12-/t21-,23-,26-,27-,35-,41-,42-/m0/s1. The summed E-state index contributed by atoms with van der Waals surface area (Å²) in [4.78, 5) is 45.4. The van der Waals surface area contributed by atoms with E-state index in [1.165, 1.54) is 40.2 Å². The number of aryl methyl sites for hydroxylation is 1. The van der Waals surface area contributed by atoms with Crippen molar-refractivity contribution in [2.24, 2.45) is 11.8 Å². The van der Waals surface area contributed by atoms with Crippen LogP contribution in [0.3, 0.4) is 0 Å². The number of rotatable bonds is 2. The van der Waals surface area contributed by atoms with Crippen molar-refractivity contribution in [3.05, 3.63) is 71.2 Å². The van der Waals surface area contributed by atoms with Gasteiger partial charge in [0.1, 0.15) is 39.5 Å². The first-order valence-electron chi connectivity index (χ1n) is 18.5. The number of nitrogens with one attached hydrogen (secondary N) is 1. The third-order valence-electron chi connectivity index (χ3n) is 10.9. The third kappa shape index (κ3) is 7.08. The molecule has 4 aromatic rings. The molecule has 5 N–H and O–H groups in total. The molecule has 2 aliphatic heterocycles. The Hall–Kier alpha value is -5.44. The summed E-state index contributed by atoms with van der Waals surface area (Å²) in [5.74, 6) is -5.71.